The molecule has 0 aliphatic carbocycles. The van der Waals surface area contributed by atoms with Gasteiger partial charge in [0.25, 0.3) is 0 Å². The van der Waals surface area contributed by atoms with E-state index in [2.05, 4.69) is 209 Å². The molecule has 3 aromatic heterocycles. The van der Waals surface area contributed by atoms with E-state index in [4.69, 9.17) is 4.98 Å². The van der Waals surface area contributed by atoms with Crippen LogP contribution in [0.15, 0.2) is 200 Å². The lowest BCUT2D eigenvalue weighted by Gasteiger charge is -2.34. The summed E-state index contributed by atoms with van der Waals surface area (Å²) in [6.07, 6.45) is 2.16. The van der Waals surface area contributed by atoms with Crippen molar-refractivity contribution in [2.24, 2.45) is 0 Å². The lowest BCUT2D eigenvalue weighted by molar-refractivity contribution is 1.08. The van der Waals surface area contributed by atoms with Gasteiger partial charge in [-0.25, -0.2) is 4.98 Å². The summed E-state index contributed by atoms with van der Waals surface area (Å²) in [5, 5.41) is 10.2. The molecule has 0 spiro atoms. The van der Waals surface area contributed by atoms with Crippen molar-refractivity contribution in [2.45, 2.75) is 0 Å². The fourth-order valence-corrected chi connectivity index (χ4v) is 13.0. The van der Waals surface area contributed by atoms with Crippen LogP contribution in [-0.2, 0) is 0 Å². The molecule has 10 rings (SSSR count). The van der Waals surface area contributed by atoms with Crippen LogP contribution in [0.1, 0.15) is 0 Å². The molecule has 240 valence electrons. The van der Waals surface area contributed by atoms with E-state index in [9.17, 15) is 0 Å². The molecule has 3 heterocycles. The molecule has 7 aromatic carbocycles. The van der Waals surface area contributed by atoms with E-state index >= 15 is 0 Å². The number of benzene rings is 7. The van der Waals surface area contributed by atoms with Gasteiger partial charge in [0.15, 0.2) is 8.07 Å². The fraction of sp³-hybridized carbons (Fsp3) is 0. The van der Waals surface area contributed by atoms with Crippen molar-refractivity contribution < 1.29 is 0 Å². The zero-order valence-corrected chi connectivity index (χ0v) is 28.9. The Bertz CT molecular complexity index is 2740. The van der Waals surface area contributed by atoms with Gasteiger partial charge in [-0.05, 0) is 63.2 Å². The predicted octanol–water partition coefficient (Wildman–Crippen LogP) is 8.65. The second-order valence-corrected chi connectivity index (χ2v) is 17.0. The van der Waals surface area contributed by atoms with Crippen molar-refractivity contribution in [3.05, 3.63) is 200 Å². The highest BCUT2D eigenvalue weighted by molar-refractivity contribution is 7.20. The molecule has 0 atom stereocenters. The van der Waals surface area contributed by atoms with E-state index in [1.165, 1.54) is 53.3 Å². The van der Waals surface area contributed by atoms with Crippen molar-refractivity contribution in [3.8, 4) is 11.5 Å². The van der Waals surface area contributed by atoms with Gasteiger partial charge in [0.05, 0.1) is 22.1 Å². The molecule has 3 nitrogen and oxygen atoms in total. The number of aromatic nitrogens is 3. The minimum atomic E-state index is -2.87. The molecular formula is C47H33N3Si. The molecule has 0 unspecified atom stereocenters. The highest BCUT2D eigenvalue weighted by atomic mass is 28.3. The van der Waals surface area contributed by atoms with E-state index in [0.717, 1.165) is 22.5 Å². The van der Waals surface area contributed by atoms with E-state index < -0.39 is 8.07 Å². The maximum atomic E-state index is 5.31. The summed E-state index contributed by atoms with van der Waals surface area (Å²) in [5.41, 5.74) is 5.90. The summed E-state index contributed by atoms with van der Waals surface area (Å²) < 4.78 is 4.69. The van der Waals surface area contributed by atoms with Crippen molar-refractivity contribution in [2.75, 3.05) is 0 Å². The van der Waals surface area contributed by atoms with E-state index in [1.54, 1.807) is 0 Å². The van der Waals surface area contributed by atoms with Crippen LogP contribution in [0.4, 0.5) is 0 Å². The van der Waals surface area contributed by atoms with Gasteiger partial charge < -0.3 is 4.57 Å². The first-order valence-corrected chi connectivity index (χ1v) is 19.5. The van der Waals surface area contributed by atoms with Gasteiger partial charge in [-0.2, -0.15) is 0 Å². The Morgan fingerprint density at radius 2 is 0.784 bits per heavy atom. The molecule has 0 aliphatic heterocycles. The average Bonchev–Trinajstić information content (AvgIpc) is 3.73. The smallest absolute Gasteiger partial charge is 0.181 e. The lowest BCUT2D eigenvalue weighted by atomic mass is 10.1. The Labute approximate surface area is 297 Å². The molecule has 0 fully saturated rings. The van der Waals surface area contributed by atoms with Gasteiger partial charge in [-0.15, -0.1) is 0 Å². The van der Waals surface area contributed by atoms with Crippen LogP contribution < -0.4 is 20.7 Å². The van der Waals surface area contributed by atoms with Crippen molar-refractivity contribution in [3.63, 3.8) is 0 Å². The largest absolute Gasteiger partial charge is 0.309 e. The summed E-state index contributed by atoms with van der Waals surface area (Å²) in [4.78, 5) is 5.31. The number of hydrogen-bond acceptors (Lipinski definition) is 1. The van der Waals surface area contributed by atoms with E-state index in [0.29, 0.717) is 0 Å². The molecule has 4 heteroatoms. The number of hydrogen-bond donors (Lipinski definition) is 0. The molecule has 10 aromatic rings. The Hall–Kier alpha value is -6.49. The second-order valence-electron chi connectivity index (χ2n) is 13.2. The Morgan fingerprint density at radius 3 is 1.33 bits per heavy atom. The summed E-state index contributed by atoms with van der Waals surface area (Å²) >= 11 is 0. The number of fused-ring (bicyclic) bond motifs is 6. The third-order valence-electron chi connectivity index (χ3n) is 10.5. The van der Waals surface area contributed by atoms with Gasteiger partial charge in [0.2, 0.25) is 0 Å². The van der Waals surface area contributed by atoms with E-state index in [-0.39, 0.29) is 0 Å². The number of nitrogens with zero attached hydrogens (tertiary/aromatic N) is 3. The molecule has 0 bridgehead atoms. The third kappa shape index (κ3) is 4.47. The van der Waals surface area contributed by atoms with Gasteiger partial charge in [-0.1, -0.05) is 152 Å². The molecule has 0 radical (unpaired) electrons. The average molecular weight is 668 g/mol. The highest BCUT2D eigenvalue weighted by Gasteiger charge is 2.42. The summed E-state index contributed by atoms with van der Waals surface area (Å²) in [5.74, 6) is 0.918. The van der Waals surface area contributed by atoms with Crippen LogP contribution in [0.2, 0.25) is 0 Å². The van der Waals surface area contributed by atoms with Crippen LogP contribution >= 0.6 is 0 Å². The Balaban J connectivity index is 1.25. The third-order valence-corrected chi connectivity index (χ3v) is 15.3. The minimum Gasteiger partial charge on any atom is -0.309 e. The zero-order chi connectivity index (χ0) is 33.8. The quantitative estimate of drug-likeness (QED) is 0.129. The van der Waals surface area contributed by atoms with Crippen LogP contribution in [0.5, 0.6) is 0 Å². The number of rotatable bonds is 6. The summed E-state index contributed by atoms with van der Waals surface area (Å²) in [6, 6.07) is 70.7. The maximum absolute atomic E-state index is 5.31. The molecule has 0 N–H and O–H groups in total. The predicted molar refractivity (Wildman–Crippen MR) is 217 cm³/mol. The number of para-hydroxylation sites is 4. The molecule has 0 saturated heterocycles. The molecule has 0 aliphatic rings. The zero-order valence-electron chi connectivity index (χ0n) is 27.9. The van der Waals surface area contributed by atoms with Crippen molar-refractivity contribution >= 4 is 72.4 Å². The SMILES string of the molecule is c1ccc(-n2c3ccccc3c3cc([Si](c4ccccc4)(c4ccccc4)c4ccc(-n5c6ccccc6c6ccccc65)nc4)ccc32)cc1. The van der Waals surface area contributed by atoms with Crippen LogP contribution in [0.25, 0.3) is 55.1 Å². The monoisotopic (exact) mass is 667 g/mol. The molecule has 0 saturated carbocycles. The minimum absolute atomic E-state index is 0.918. The number of pyridine rings is 1. The Kier molecular flexibility index (Phi) is 6.83. The lowest BCUT2D eigenvalue weighted by Crippen LogP contribution is -2.74. The first-order valence-electron chi connectivity index (χ1n) is 17.5. The topological polar surface area (TPSA) is 22.8 Å². The summed E-state index contributed by atoms with van der Waals surface area (Å²) in [7, 11) is -2.87. The molecule has 51 heavy (non-hydrogen) atoms. The van der Waals surface area contributed by atoms with Crippen molar-refractivity contribution in [1.82, 2.24) is 14.1 Å². The fourth-order valence-electron chi connectivity index (χ4n) is 8.35. The highest BCUT2D eigenvalue weighted by Crippen LogP contribution is 2.33. The summed E-state index contributed by atoms with van der Waals surface area (Å²) in [6.45, 7) is 0. The Morgan fingerprint density at radius 1 is 0.333 bits per heavy atom. The van der Waals surface area contributed by atoms with Crippen molar-refractivity contribution in [1.29, 1.82) is 0 Å². The maximum Gasteiger partial charge on any atom is 0.181 e. The van der Waals surface area contributed by atoms with Gasteiger partial charge in [-0.3, -0.25) is 4.57 Å². The first-order chi connectivity index (χ1) is 25.3. The normalized spacial score (nSPS) is 11.9. The molecule has 0 amide bonds. The van der Waals surface area contributed by atoms with Gasteiger partial charge in [0, 0.05) is 33.4 Å². The van der Waals surface area contributed by atoms with Crippen LogP contribution in [0.3, 0.4) is 0 Å². The molecular weight excluding hydrogens is 635 g/mol. The van der Waals surface area contributed by atoms with Crippen LogP contribution in [0, 0.1) is 0 Å². The van der Waals surface area contributed by atoms with Gasteiger partial charge >= 0.3 is 0 Å². The van der Waals surface area contributed by atoms with Gasteiger partial charge in [0.1, 0.15) is 5.82 Å². The second kappa shape index (κ2) is 11.8. The van der Waals surface area contributed by atoms with E-state index in [1.807, 2.05) is 0 Å². The first kappa shape index (κ1) is 29.4. The standard InChI is InChI=1S/C47H33N3Si/c1-4-16-34(17-5-1)49-43-25-13-12-24-41(43)42-32-37(28-30-46(42)49)51(35-18-6-2-7-19-35,36-20-8-3-9-21-36)38-29-31-47(48-33-38)50-44-26-14-10-22-39(44)40-23-11-15-27-45(40)50/h1-33H. The van der Waals surface area contributed by atoms with Crippen LogP contribution in [-0.4, -0.2) is 22.2 Å².